The van der Waals surface area contributed by atoms with E-state index in [9.17, 15) is 4.79 Å². The van der Waals surface area contributed by atoms with Gasteiger partial charge < -0.3 is 14.7 Å². The molecule has 1 amide bonds. The zero-order valence-corrected chi connectivity index (χ0v) is 21.8. The highest BCUT2D eigenvalue weighted by molar-refractivity contribution is 5.82. The predicted molar refractivity (Wildman–Crippen MR) is 145 cm³/mol. The number of hydrogen-bond donors (Lipinski definition) is 0. The van der Waals surface area contributed by atoms with Crippen molar-refractivity contribution in [3.8, 4) is 11.1 Å². The zero-order chi connectivity index (χ0) is 24.6. The zero-order valence-electron chi connectivity index (χ0n) is 21.8. The van der Waals surface area contributed by atoms with Gasteiger partial charge in [0.25, 0.3) is 0 Å². The Morgan fingerprint density at radius 2 is 1.67 bits per heavy atom. The van der Waals surface area contributed by atoms with Gasteiger partial charge in [-0.2, -0.15) is 5.10 Å². The number of nitrogens with zero attached hydrogens (tertiary/aromatic N) is 5. The Kier molecular flexibility index (Phi) is 6.46. The van der Waals surface area contributed by atoms with Crippen LogP contribution in [-0.4, -0.2) is 70.6 Å². The van der Waals surface area contributed by atoms with Crippen molar-refractivity contribution in [3.63, 3.8) is 0 Å². The van der Waals surface area contributed by atoms with E-state index in [0.29, 0.717) is 23.8 Å². The number of benzene rings is 1. The van der Waals surface area contributed by atoms with Crippen molar-refractivity contribution in [2.75, 3.05) is 44.2 Å². The van der Waals surface area contributed by atoms with Crippen LogP contribution < -0.4 is 4.90 Å². The Balaban J connectivity index is 1.15. The molecule has 190 valence electrons. The van der Waals surface area contributed by atoms with Gasteiger partial charge in [-0.25, -0.2) is 4.52 Å². The summed E-state index contributed by atoms with van der Waals surface area (Å²) in [6.07, 6.45) is 9.94. The molecule has 6 heteroatoms. The molecule has 36 heavy (non-hydrogen) atoms. The summed E-state index contributed by atoms with van der Waals surface area (Å²) in [5.41, 5.74) is 6.27. The Labute approximate surface area is 214 Å². The number of anilines is 1. The SMILES string of the molecule is CCC(C)N1CCC(c2ccc(-c3cc4c(N5CCN(C(=O)C6CC6)CC5)ccnn4c3)cc2)CC1. The number of aromatic nitrogens is 2. The lowest BCUT2D eigenvalue weighted by Gasteiger charge is -2.36. The smallest absolute Gasteiger partial charge is 0.225 e. The van der Waals surface area contributed by atoms with Crippen molar-refractivity contribution in [3.05, 3.63) is 54.4 Å². The first-order chi connectivity index (χ1) is 17.6. The van der Waals surface area contributed by atoms with Crippen LogP contribution in [0.3, 0.4) is 0 Å². The molecular weight excluding hydrogens is 446 g/mol. The molecule has 1 saturated carbocycles. The number of hydrogen-bond acceptors (Lipinski definition) is 4. The quantitative estimate of drug-likeness (QED) is 0.491. The van der Waals surface area contributed by atoms with E-state index in [-0.39, 0.29) is 0 Å². The van der Waals surface area contributed by atoms with E-state index >= 15 is 0 Å². The minimum atomic E-state index is 0.307. The number of piperazine rings is 1. The van der Waals surface area contributed by atoms with Crippen LogP contribution in [-0.2, 0) is 4.79 Å². The Hall–Kier alpha value is -2.86. The van der Waals surface area contributed by atoms with Gasteiger partial charge in [0, 0.05) is 56.1 Å². The molecule has 4 heterocycles. The van der Waals surface area contributed by atoms with E-state index in [1.165, 1.54) is 54.7 Å². The molecule has 0 radical (unpaired) electrons. The lowest BCUT2D eigenvalue weighted by molar-refractivity contribution is -0.132. The second kappa shape index (κ2) is 9.89. The molecule has 0 bridgehead atoms. The average molecular weight is 486 g/mol. The third-order valence-electron chi connectivity index (χ3n) is 8.80. The van der Waals surface area contributed by atoms with E-state index in [0.717, 1.165) is 44.5 Å². The van der Waals surface area contributed by atoms with Gasteiger partial charge in [0.2, 0.25) is 5.91 Å². The molecule has 6 nitrogen and oxygen atoms in total. The van der Waals surface area contributed by atoms with Crippen LogP contribution in [0.5, 0.6) is 0 Å². The van der Waals surface area contributed by atoms with Gasteiger partial charge in [-0.15, -0.1) is 0 Å². The van der Waals surface area contributed by atoms with E-state index in [4.69, 9.17) is 0 Å². The number of piperidine rings is 1. The Bertz CT molecular complexity index is 1200. The largest absolute Gasteiger partial charge is 0.366 e. The molecule has 0 spiro atoms. The summed E-state index contributed by atoms with van der Waals surface area (Å²) in [6, 6.07) is 14.3. The number of amides is 1. The molecule has 2 saturated heterocycles. The van der Waals surface area contributed by atoms with Crippen LogP contribution in [0.15, 0.2) is 48.8 Å². The highest BCUT2D eigenvalue weighted by atomic mass is 16.2. The summed E-state index contributed by atoms with van der Waals surface area (Å²) in [5.74, 6) is 1.34. The molecule has 6 rings (SSSR count). The summed E-state index contributed by atoms with van der Waals surface area (Å²) in [6.45, 7) is 10.5. The van der Waals surface area contributed by atoms with Crippen LogP contribution >= 0.6 is 0 Å². The lowest BCUT2D eigenvalue weighted by Crippen LogP contribution is -2.49. The van der Waals surface area contributed by atoms with Crippen molar-refractivity contribution in [2.24, 2.45) is 5.92 Å². The fraction of sp³-hybridized carbons (Fsp3) is 0.533. The summed E-state index contributed by atoms with van der Waals surface area (Å²) >= 11 is 0. The highest BCUT2D eigenvalue weighted by Crippen LogP contribution is 2.34. The topological polar surface area (TPSA) is 44.1 Å². The highest BCUT2D eigenvalue weighted by Gasteiger charge is 2.34. The molecular formula is C30H39N5O. The first-order valence-corrected chi connectivity index (χ1v) is 14.0. The molecule has 1 aliphatic carbocycles. The summed E-state index contributed by atoms with van der Waals surface area (Å²) in [5, 5.41) is 4.60. The minimum Gasteiger partial charge on any atom is -0.366 e. The maximum Gasteiger partial charge on any atom is 0.225 e. The van der Waals surface area contributed by atoms with Gasteiger partial charge in [0.1, 0.15) is 0 Å². The molecule has 3 aromatic rings. The standard InChI is InChI=1S/C30H39N5O/c1-3-22(2)32-14-11-25(12-15-32)23-4-6-24(7-5-23)27-20-29-28(10-13-31-35(29)21-27)33-16-18-34(19-17-33)30(36)26-8-9-26/h4-7,10,13,20-22,25-26H,3,8-9,11-12,14-19H2,1-2H3. The van der Waals surface area contributed by atoms with Crippen LogP contribution in [0, 0.1) is 5.92 Å². The number of carbonyl (C=O) groups excluding carboxylic acids is 1. The van der Waals surface area contributed by atoms with Crippen LogP contribution in [0.2, 0.25) is 0 Å². The minimum absolute atomic E-state index is 0.307. The predicted octanol–water partition coefficient (Wildman–Crippen LogP) is 5.04. The molecule has 1 aromatic carbocycles. The van der Waals surface area contributed by atoms with Crippen molar-refractivity contribution >= 4 is 17.1 Å². The van der Waals surface area contributed by atoms with Crippen LogP contribution in [0.25, 0.3) is 16.6 Å². The van der Waals surface area contributed by atoms with Crippen molar-refractivity contribution in [1.82, 2.24) is 19.4 Å². The molecule has 3 fully saturated rings. The maximum atomic E-state index is 12.4. The summed E-state index contributed by atoms with van der Waals surface area (Å²) < 4.78 is 2.00. The van der Waals surface area contributed by atoms with E-state index < -0.39 is 0 Å². The molecule has 1 atom stereocenters. The van der Waals surface area contributed by atoms with Gasteiger partial charge in [-0.1, -0.05) is 31.2 Å². The van der Waals surface area contributed by atoms with Crippen molar-refractivity contribution in [2.45, 2.75) is 57.9 Å². The molecule has 2 aromatic heterocycles. The van der Waals surface area contributed by atoms with Gasteiger partial charge in [0.15, 0.2) is 0 Å². The first-order valence-electron chi connectivity index (χ1n) is 14.0. The summed E-state index contributed by atoms with van der Waals surface area (Å²) in [4.78, 5) is 19.6. The van der Waals surface area contributed by atoms with Gasteiger partial charge >= 0.3 is 0 Å². The van der Waals surface area contributed by atoms with Gasteiger partial charge in [-0.3, -0.25) is 4.79 Å². The lowest BCUT2D eigenvalue weighted by atomic mass is 9.88. The third kappa shape index (κ3) is 4.63. The fourth-order valence-electron chi connectivity index (χ4n) is 6.06. The Morgan fingerprint density at radius 3 is 2.33 bits per heavy atom. The normalized spacial score (nSPS) is 20.7. The average Bonchev–Trinajstić information content (AvgIpc) is 3.70. The van der Waals surface area contributed by atoms with Crippen molar-refractivity contribution < 1.29 is 4.79 Å². The van der Waals surface area contributed by atoms with Gasteiger partial charge in [-0.05, 0) is 81.3 Å². The molecule has 0 N–H and O–H groups in total. The summed E-state index contributed by atoms with van der Waals surface area (Å²) in [7, 11) is 0. The molecule has 2 aliphatic heterocycles. The monoisotopic (exact) mass is 485 g/mol. The number of likely N-dealkylation sites (tertiary alicyclic amines) is 1. The Morgan fingerprint density at radius 1 is 0.944 bits per heavy atom. The number of rotatable bonds is 6. The van der Waals surface area contributed by atoms with E-state index in [1.54, 1.807) is 0 Å². The molecule has 1 unspecified atom stereocenters. The molecule has 3 aliphatic rings. The third-order valence-corrected chi connectivity index (χ3v) is 8.80. The second-order valence-corrected chi connectivity index (χ2v) is 11.1. The van der Waals surface area contributed by atoms with Crippen LogP contribution in [0.4, 0.5) is 5.69 Å². The first kappa shape index (κ1) is 23.5. The van der Waals surface area contributed by atoms with Crippen LogP contribution in [0.1, 0.15) is 57.4 Å². The fourth-order valence-corrected chi connectivity index (χ4v) is 6.06. The van der Waals surface area contributed by atoms with E-state index in [1.807, 2.05) is 10.7 Å². The van der Waals surface area contributed by atoms with E-state index in [2.05, 4.69) is 76.2 Å². The van der Waals surface area contributed by atoms with Crippen molar-refractivity contribution in [1.29, 1.82) is 0 Å². The second-order valence-electron chi connectivity index (χ2n) is 11.1. The number of fused-ring (bicyclic) bond motifs is 1. The number of carbonyl (C=O) groups is 1. The van der Waals surface area contributed by atoms with Gasteiger partial charge in [0.05, 0.1) is 11.2 Å². The maximum absolute atomic E-state index is 12.4.